The van der Waals surface area contributed by atoms with Crippen molar-refractivity contribution in [3.8, 4) is 11.3 Å². The number of carbonyl (C=O) groups excluding carboxylic acids is 1. The maximum absolute atomic E-state index is 12.7. The second-order valence-corrected chi connectivity index (χ2v) is 7.54. The zero-order valence-corrected chi connectivity index (χ0v) is 16.7. The number of thiophene rings is 1. The Labute approximate surface area is 162 Å². The first-order chi connectivity index (χ1) is 12.0. The zero-order valence-electron chi connectivity index (χ0n) is 15.1. The molecule has 3 N–H and O–H groups in total. The highest BCUT2D eigenvalue weighted by Crippen LogP contribution is 2.32. The summed E-state index contributed by atoms with van der Waals surface area (Å²) >= 11 is 1.71. The van der Waals surface area contributed by atoms with Crippen molar-refractivity contribution in [3.05, 3.63) is 33.1 Å². The molecule has 0 aliphatic rings. The number of nitrogens with two attached hydrogens (primary N) is 1. The molecule has 3 rings (SSSR count). The maximum Gasteiger partial charge on any atom is 0.259 e. The quantitative estimate of drug-likeness (QED) is 0.620. The number of amides is 1. The van der Waals surface area contributed by atoms with Crippen molar-refractivity contribution >= 4 is 40.8 Å². The molecule has 3 aromatic heterocycles. The molecule has 0 aliphatic heterocycles. The van der Waals surface area contributed by atoms with Crippen LogP contribution in [0, 0.1) is 20.8 Å². The van der Waals surface area contributed by atoms with Gasteiger partial charge in [0.1, 0.15) is 0 Å². The molecule has 0 spiro atoms. The van der Waals surface area contributed by atoms with E-state index in [0.717, 1.165) is 29.0 Å². The van der Waals surface area contributed by atoms with Gasteiger partial charge in [-0.2, -0.15) is 0 Å². The van der Waals surface area contributed by atoms with Gasteiger partial charge in [-0.25, -0.2) is 4.98 Å². The third-order valence-corrected chi connectivity index (χ3v) is 5.06. The standard InChI is InChI=1S/C18H22N4O2S.ClH/c1-10-8-13(12(3)25-10)15-9-14(17(23)20-7-5-4-6-19)16-11(2)22-24-18(16)21-15;/h8-9H,4-7,19H2,1-3H3,(H,20,23);1H. The molecule has 0 aromatic carbocycles. The molecule has 1 amide bonds. The van der Waals surface area contributed by atoms with Gasteiger partial charge in [-0.05, 0) is 52.3 Å². The highest BCUT2D eigenvalue weighted by molar-refractivity contribution is 7.12. The molecular weight excluding hydrogens is 372 g/mol. The third kappa shape index (κ3) is 4.06. The second kappa shape index (κ2) is 8.62. The van der Waals surface area contributed by atoms with Crippen LogP contribution in [0.2, 0.25) is 0 Å². The lowest BCUT2D eigenvalue weighted by molar-refractivity contribution is 0.0954. The molecule has 0 aliphatic carbocycles. The summed E-state index contributed by atoms with van der Waals surface area (Å²) in [7, 11) is 0. The number of nitrogens with zero attached hydrogens (tertiary/aromatic N) is 2. The van der Waals surface area contributed by atoms with Gasteiger partial charge in [-0.1, -0.05) is 5.16 Å². The maximum atomic E-state index is 12.7. The van der Waals surface area contributed by atoms with E-state index in [1.807, 2.05) is 13.0 Å². The molecule has 140 valence electrons. The molecule has 0 atom stereocenters. The Morgan fingerprint density at radius 3 is 2.69 bits per heavy atom. The van der Waals surface area contributed by atoms with Crippen molar-refractivity contribution in [1.82, 2.24) is 15.5 Å². The molecule has 26 heavy (non-hydrogen) atoms. The number of hydrogen-bond acceptors (Lipinski definition) is 6. The largest absolute Gasteiger partial charge is 0.352 e. The number of aromatic nitrogens is 2. The Bertz CT molecular complexity index is 919. The van der Waals surface area contributed by atoms with Gasteiger partial charge in [0.15, 0.2) is 0 Å². The number of aryl methyl sites for hydroxylation is 3. The average molecular weight is 395 g/mol. The van der Waals surface area contributed by atoms with Crippen molar-refractivity contribution < 1.29 is 9.32 Å². The molecule has 0 radical (unpaired) electrons. The fraction of sp³-hybridized carbons (Fsp3) is 0.389. The smallest absolute Gasteiger partial charge is 0.259 e. The van der Waals surface area contributed by atoms with Crippen LogP contribution in [0.4, 0.5) is 0 Å². The van der Waals surface area contributed by atoms with Crippen molar-refractivity contribution in [2.45, 2.75) is 33.6 Å². The molecule has 0 fully saturated rings. The summed E-state index contributed by atoms with van der Waals surface area (Å²) in [6.45, 7) is 7.15. The molecule has 8 heteroatoms. The first-order valence-electron chi connectivity index (χ1n) is 8.34. The van der Waals surface area contributed by atoms with Gasteiger partial charge in [-0.3, -0.25) is 4.79 Å². The summed E-state index contributed by atoms with van der Waals surface area (Å²) in [5.74, 6) is -0.137. The summed E-state index contributed by atoms with van der Waals surface area (Å²) in [5, 5.41) is 7.60. The molecule has 6 nitrogen and oxygen atoms in total. The van der Waals surface area contributed by atoms with Crippen LogP contribution in [0.25, 0.3) is 22.4 Å². The minimum Gasteiger partial charge on any atom is -0.352 e. The Kier molecular flexibility index (Phi) is 6.75. The summed E-state index contributed by atoms with van der Waals surface area (Å²) < 4.78 is 5.34. The molecule has 3 heterocycles. The fourth-order valence-electron chi connectivity index (χ4n) is 2.86. The van der Waals surface area contributed by atoms with E-state index in [9.17, 15) is 4.79 Å². The third-order valence-electron chi connectivity index (χ3n) is 4.10. The summed E-state index contributed by atoms with van der Waals surface area (Å²) in [4.78, 5) is 19.6. The molecule has 0 unspecified atom stereocenters. The molecule has 0 bridgehead atoms. The Morgan fingerprint density at radius 1 is 1.27 bits per heavy atom. The second-order valence-electron chi connectivity index (χ2n) is 6.08. The Balaban J connectivity index is 0.00000243. The summed E-state index contributed by atoms with van der Waals surface area (Å²) in [5.41, 5.74) is 8.86. The van der Waals surface area contributed by atoms with E-state index in [2.05, 4.69) is 35.4 Å². The monoisotopic (exact) mass is 394 g/mol. The number of pyridine rings is 1. The number of rotatable bonds is 6. The van der Waals surface area contributed by atoms with Crippen LogP contribution in [0.15, 0.2) is 16.7 Å². The Hall–Kier alpha value is -1.96. The molecular formula is C18H23ClN4O2S. The number of carbonyl (C=O) groups is 1. The first kappa shape index (κ1) is 20.4. The van der Waals surface area contributed by atoms with Gasteiger partial charge in [0, 0.05) is 21.9 Å². The minimum atomic E-state index is -0.137. The van der Waals surface area contributed by atoms with E-state index in [4.69, 9.17) is 10.3 Å². The van der Waals surface area contributed by atoms with Crippen LogP contribution in [0.3, 0.4) is 0 Å². The Morgan fingerprint density at radius 2 is 2.04 bits per heavy atom. The average Bonchev–Trinajstić information content (AvgIpc) is 3.12. The lowest BCUT2D eigenvalue weighted by atomic mass is 10.1. The first-order valence-corrected chi connectivity index (χ1v) is 9.15. The van der Waals surface area contributed by atoms with Crippen molar-refractivity contribution in [3.63, 3.8) is 0 Å². The van der Waals surface area contributed by atoms with Gasteiger partial charge < -0.3 is 15.6 Å². The van der Waals surface area contributed by atoms with E-state index in [1.54, 1.807) is 11.3 Å². The van der Waals surface area contributed by atoms with Crippen LogP contribution in [0.1, 0.15) is 38.6 Å². The number of hydrogen-bond donors (Lipinski definition) is 2. The highest BCUT2D eigenvalue weighted by atomic mass is 35.5. The normalized spacial score (nSPS) is 10.8. The minimum absolute atomic E-state index is 0. The van der Waals surface area contributed by atoms with E-state index in [0.29, 0.717) is 35.4 Å². The van der Waals surface area contributed by atoms with E-state index >= 15 is 0 Å². The topological polar surface area (TPSA) is 94.0 Å². The number of fused-ring (bicyclic) bond motifs is 1. The highest BCUT2D eigenvalue weighted by Gasteiger charge is 2.20. The summed E-state index contributed by atoms with van der Waals surface area (Å²) in [6.07, 6.45) is 1.74. The fourth-order valence-corrected chi connectivity index (χ4v) is 3.80. The van der Waals surface area contributed by atoms with Gasteiger partial charge in [-0.15, -0.1) is 23.7 Å². The van der Waals surface area contributed by atoms with Crippen LogP contribution in [-0.4, -0.2) is 29.1 Å². The summed E-state index contributed by atoms with van der Waals surface area (Å²) in [6, 6.07) is 3.92. The van der Waals surface area contributed by atoms with Crippen LogP contribution in [-0.2, 0) is 0 Å². The number of unbranched alkanes of at least 4 members (excludes halogenated alkanes) is 1. The predicted octanol–water partition coefficient (Wildman–Crippen LogP) is 3.77. The van der Waals surface area contributed by atoms with Gasteiger partial charge >= 0.3 is 0 Å². The molecule has 3 aromatic rings. The van der Waals surface area contributed by atoms with Gasteiger partial charge in [0.2, 0.25) is 0 Å². The van der Waals surface area contributed by atoms with Crippen LogP contribution >= 0.6 is 23.7 Å². The van der Waals surface area contributed by atoms with E-state index in [-0.39, 0.29) is 18.3 Å². The van der Waals surface area contributed by atoms with E-state index in [1.165, 1.54) is 4.88 Å². The van der Waals surface area contributed by atoms with Crippen molar-refractivity contribution in [1.29, 1.82) is 0 Å². The van der Waals surface area contributed by atoms with Gasteiger partial charge in [0.05, 0.1) is 22.3 Å². The lowest BCUT2D eigenvalue weighted by Crippen LogP contribution is -2.25. The van der Waals surface area contributed by atoms with Crippen LogP contribution in [0.5, 0.6) is 0 Å². The molecule has 0 saturated heterocycles. The number of nitrogens with one attached hydrogen (secondary N) is 1. The number of halogens is 1. The zero-order chi connectivity index (χ0) is 18.0. The van der Waals surface area contributed by atoms with Crippen LogP contribution < -0.4 is 11.1 Å². The van der Waals surface area contributed by atoms with Gasteiger partial charge in [0.25, 0.3) is 11.6 Å². The van der Waals surface area contributed by atoms with E-state index < -0.39 is 0 Å². The predicted molar refractivity (Wildman–Crippen MR) is 107 cm³/mol. The van der Waals surface area contributed by atoms with Crippen molar-refractivity contribution in [2.24, 2.45) is 5.73 Å². The SMILES string of the molecule is Cc1cc(-c2cc(C(=O)NCCCCN)c3c(C)noc3n2)c(C)s1.Cl. The van der Waals surface area contributed by atoms with Crippen molar-refractivity contribution in [2.75, 3.05) is 13.1 Å². The molecule has 0 saturated carbocycles. The lowest BCUT2D eigenvalue weighted by Gasteiger charge is -2.08.